The minimum absolute atomic E-state index is 0.109. The summed E-state index contributed by atoms with van der Waals surface area (Å²) in [6.45, 7) is 4.86. The lowest BCUT2D eigenvalue weighted by atomic mass is 10.3. The molecular weight excluding hydrogens is 306 g/mol. The summed E-state index contributed by atoms with van der Waals surface area (Å²) in [6.07, 6.45) is 4.56. The SMILES string of the molecule is CCCn1cccc1C(=O)Nc1cnc(Br)c(C)c1. The number of nitrogens with one attached hydrogen (secondary N) is 1. The van der Waals surface area contributed by atoms with Gasteiger partial charge in [0.05, 0.1) is 11.9 Å². The average molecular weight is 322 g/mol. The van der Waals surface area contributed by atoms with Crippen molar-refractivity contribution in [3.63, 3.8) is 0 Å². The molecule has 0 spiro atoms. The summed E-state index contributed by atoms with van der Waals surface area (Å²) < 4.78 is 2.74. The minimum atomic E-state index is -0.109. The maximum atomic E-state index is 12.2. The molecule has 0 saturated carbocycles. The van der Waals surface area contributed by atoms with Gasteiger partial charge < -0.3 is 9.88 Å². The van der Waals surface area contributed by atoms with E-state index in [1.165, 1.54) is 0 Å². The highest BCUT2D eigenvalue weighted by Gasteiger charge is 2.11. The molecule has 4 nitrogen and oxygen atoms in total. The molecule has 0 aliphatic rings. The van der Waals surface area contributed by atoms with E-state index in [0.29, 0.717) is 11.4 Å². The van der Waals surface area contributed by atoms with Crippen LogP contribution in [0.15, 0.2) is 35.2 Å². The van der Waals surface area contributed by atoms with Gasteiger partial charge in [0, 0.05) is 12.7 Å². The lowest BCUT2D eigenvalue weighted by Crippen LogP contribution is -2.17. The van der Waals surface area contributed by atoms with Gasteiger partial charge in [-0.25, -0.2) is 4.98 Å². The molecule has 1 N–H and O–H groups in total. The number of halogens is 1. The topological polar surface area (TPSA) is 46.9 Å². The van der Waals surface area contributed by atoms with Crippen molar-refractivity contribution in [1.29, 1.82) is 0 Å². The predicted molar refractivity (Wildman–Crippen MR) is 79.4 cm³/mol. The third-order valence-corrected chi connectivity index (χ3v) is 3.63. The monoisotopic (exact) mass is 321 g/mol. The zero-order chi connectivity index (χ0) is 13.8. The third kappa shape index (κ3) is 3.23. The van der Waals surface area contributed by atoms with Crippen LogP contribution in [0.4, 0.5) is 5.69 Å². The lowest BCUT2D eigenvalue weighted by molar-refractivity contribution is 0.101. The van der Waals surface area contributed by atoms with Crippen molar-refractivity contribution in [3.05, 3.63) is 46.5 Å². The van der Waals surface area contributed by atoms with Crippen LogP contribution >= 0.6 is 15.9 Å². The maximum Gasteiger partial charge on any atom is 0.272 e. The first-order chi connectivity index (χ1) is 9.11. The van der Waals surface area contributed by atoms with E-state index >= 15 is 0 Å². The number of anilines is 1. The molecule has 0 bridgehead atoms. The van der Waals surface area contributed by atoms with Crippen molar-refractivity contribution >= 4 is 27.5 Å². The van der Waals surface area contributed by atoms with Crippen molar-refractivity contribution < 1.29 is 4.79 Å². The Hall–Kier alpha value is -1.62. The second-order valence-electron chi connectivity index (χ2n) is 4.37. The Kier molecular flexibility index (Phi) is 4.37. The molecule has 0 unspecified atom stereocenters. The van der Waals surface area contributed by atoms with E-state index < -0.39 is 0 Å². The van der Waals surface area contributed by atoms with Gasteiger partial charge in [0.15, 0.2) is 0 Å². The zero-order valence-electron chi connectivity index (χ0n) is 11.0. The quantitative estimate of drug-likeness (QED) is 0.874. The van der Waals surface area contributed by atoms with Crippen LogP contribution in [-0.2, 0) is 6.54 Å². The fraction of sp³-hybridized carbons (Fsp3) is 0.286. The third-order valence-electron chi connectivity index (χ3n) is 2.80. The van der Waals surface area contributed by atoms with Gasteiger partial charge in [-0.05, 0) is 53.0 Å². The Bertz CT molecular complexity index is 592. The molecule has 0 fully saturated rings. The van der Waals surface area contributed by atoms with Crippen molar-refractivity contribution in [2.45, 2.75) is 26.8 Å². The summed E-state index contributed by atoms with van der Waals surface area (Å²) in [5.41, 5.74) is 2.36. The molecule has 100 valence electrons. The maximum absolute atomic E-state index is 12.2. The fourth-order valence-corrected chi connectivity index (χ4v) is 2.09. The molecule has 0 aromatic carbocycles. The number of aromatic nitrogens is 2. The van der Waals surface area contributed by atoms with Gasteiger partial charge in [0.25, 0.3) is 5.91 Å². The van der Waals surface area contributed by atoms with Crippen LogP contribution in [0.2, 0.25) is 0 Å². The van der Waals surface area contributed by atoms with Crippen molar-refractivity contribution in [1.82, 2.24) is 9.55 Å². The van der Waals surface area contributed by atoms with E-state index in [9.17, 15) is 4.79 Å². The molecule has 2 aromatic heterocycles. The first-order valence-electron chi connectivity index (χ1n) is 6.20. The number of hydrogen-bond donors (Lipinski definition) is 1. The molecule has 0 radical (unpaired) electrons. The van der Waals surface area contributed by atoms with E-state index in [2.05, 4.69) is 33.2 Å². The molecule has 0 atom stereocenters. The number of rotatable bonds is 4. The summed E-state index contributed by atoms with van der Waals surface area (Å²) in [6, 6.07) is 5.60. The van der Waals surface area contributed by atoms with Crippen LogP contribution in [-0.4, -0.2) is 15.5 Å². The summed E-state index contributed by atoms with van der Waals surface area (Å²) in [7, 11) is 0. The van der Waals surface area contributed by atoms with Gasteiger partial charge in [-0.3, -0.25) is 4.79 Å². The second-order valence-corrected chi connectivity index (χ2v) is 5.12. The van der Waals surface area contributed by atoms with Crippen molar-refractivity contribution in [2.75, 3.05) is 5.32 Å². The van der Waals surface area contributed by atoms with Crippen LogP contribution in [0, 0.1) is 6.92 Å². The van der Waals surface area contributed by atoms with Crippen LogP contribution in [0.25, 0.3) is 0 Å². The van der Waals surface area contributed by atoms with Gasteiger partial charge >= 0.3 is 0 Å². The number of carbonyl (C=O) groups is 1. The Balaban J connectivity index is 2.16. The highest BCUT2D eigenvalue weighted by Crippen LogP contribution is 2.17. The zero-order valence-corrected chi connectivity index (χ0v) is 12.6. The highest BCUT2D eigenvalue weighted by molar-refractivity contribution is 9.10. The highest BCUT2D eigenvalue weighted by atomic mass is 79.9. The average Bonchev–Trinajstić information content (AvgIpc) is 2.83. The smallest absolute Gasteiger partial charge is 0.272 e. The molecule has 0 aliphatic heterocycles. The summed E-state index contributed by atoms with van der Waals surface area (Å²) in [5, 5.41) is 2.87. The molecule has 1 amide bonds. The van der Waals surface area contributed by atoms with Crippen LogP contribution in [0.3, 0.4) is 0 Å². The summed E-state index contributed by atoms with van der Waals surface area (Å²) in [5.74, 6) is -0.109. The molecule has 2 rings (SSSR count). The summed E-state index contributed by atoms with van der Waals surface area (Å²) in [4.78, 5) is 16.4. The van der Waals surface area contributed by atoms with Crippen LogP contribution < -0.4 is 5.32 Å². The number of pyridine rings is 1. The first-order valence-corrected chi connectivity index (χ1v) is 6.99. The van der Waals surface area contributed by atoms with Crippen molar-refractivity contribution in [3.8, 4) is 0 Å². The van der Waals surface area contributed by atoms with E-state index in [1.807, 2.05) is 35.9 Å². The second kappa shape index (κ2) is 6.02. The standard InChI is InChI=1S/C14H16BrN3O/c1-3-6-18-7-4-5-12(18)14(19)17-11-8-10(2)13(15)16-9-11/h4-5,7-9H,3,6H2,1-2H3,(H,17,19). The molecule has 5 heteroatoms. The number of aryl methyl sites for hydroxylation is 2. The number of carbonyl (C=O) groups excluding carboxylic acids is 1. The molecule has 2 heterocycles. The molecule has 19 heavy (non-hydrogen) atoms. The Labute approximate surface area is 121 Å². The molecule has 2 aromatic rings. The Morgan fingerprint density at radius 3 is 3.00 bits per heavy atom. The largest absolute Gasteiger partial charge is 0.344 e. The molecule has 0 aliphatic carbocycles. The number of nitrogens with zero attached hydrogens (tertiary/aromatic N) is 2. The minimum Gasteiger partial charge on any atom is -0.344 e. The van der Waals surface area contributed by atoms with Gasteiger partial charge in [0.2, 0.25) is 0 Å². The molecule has 0 saturated heterocycles. The summed E-state index contributed by atoms with van der Waals surface area (Å²) >= 11 is 3.34. The van der Waals surface area contributed by atoms with E-state index in [-0.39, 0.29) is 5.91 Å². The molecular formula is C14H16BrN3O. The number of hydrogen-bond acceptors (Lipinski definition) is 2. The van der Waals surface area contributed by atoms with Crippen molar-refractivity contribution in [2.24, 2.45) is 0 Å². The predicted octanol–water partition coefficient (Wildman–Crippen LogP) is 3.62. The van der Waals surface area contributed by atoms with E-state index in [1.54, 1.807) is 6.20 Å². The van der Waals surface area contributed by atoms with E-state index in [4.69, 9.17) is 0 Å². The first kappa shape index (κ1) is 13.8. The van der Waals surface area contributed by atoms with Gasteiger partial charge in [-0.1, -0.05) is 6.92 Å². The normalized spacial score (nSPS) is 10.5. The van der Waals surface area contributed by atoms with Crippen LogP contribution in [0.5, 0.6) is 0 Å². The van der Waals surface area contributed by atoms with E-state index in [0.717, 1.165) is 23.1 Å². The lowest BCUT2D eigenvalue weighted by Gasteiger charge is -2.09. The Morgan fingerprint density at radius 2 is 2.32 bits per heavy atom. The fourth-order valence-electron chi connectivity index (χ4n) is 1.88. The van der Waals surface area contributed by atoms with Crippen LogP contribution in [0.1, 0.15) is 29.4 Å². The van der Waals surface area contributed by atoms with Gasteiger partial charge in [-0.15, -0.1) is 0 Å². The number of amides is 1. The Morgan fingerprint density at radius 1 is 1.53 bits per heavy atom. The van der Waals surface area contributed by atoms with Gasteiger partial charge in [-0.2, -0.15) is 0 Å². The van der Waals surface area contributed by atoms with Gasteiger partial charge in [0.1, 0.15) is 10.3 Å².